The maximum atomic E-state index is 11.7. The van der Waals surface area contributed by atoms with Gasteiger partial charge in [-0.1, -0.05) is 102 Å². The minimum atomic E-state index is -0.0871. The maximum absolute atomic E-state index is 11.7. The number of carbonyl (C=O) groups excluding carboxylic acids is 1. The van der Waals surface area contributed by atoms with Gasteiger partial charge in [0.25, 0.3) is 0 Å². The lowest BCUT2D eigenvalue weighted by Gasteiger charge is -2.06. The first kappa shape index (κ1) is 20.5. The molecular weight excluding hydrogens is 296 g/mol. The summed E-state index contributed by atoms with van der Waals surface area (Å²) >= 11 is 0. The van der Waals surface area contributed by atoms with Crippen LogP contribution in [-0.4, -0.2) is 5.97 Å². The molecule has 0 atom stereocenters. The first-order valence-electron chi connectivity index (χ1n) is 9.42. The van der Waals surface area contributed by atoms with E-state index in [-0.39, 0.29) is 5.97 Å². The van der Waals surface area contributed by atoms with E-state index in [4.69, 9.17) is 4.74 Å². The van der Waals surface area contributed by atoms with Gasteiger partial charge in [0.2, 0.25) is 0 Å². The van der Waals surface area contributed by atoms with Crippen molar-refractivity contribution in [1.82, 2.24) is 0 Å². The highest BCUT2D eigenvalue weighted by Gasteiger charge is 2.03. The van der Waals surface area contributed by atoms with Crippen LogP contribution in [0.3, 0.4) is 0 Å². The molecular formula is C22H33O2. The molecule has 0 aliphatic carbocycles. The Morgan fingerprint density at radius 1 is 0.875 bits per heavy atom. The van der Waals surface area contributed by atoms with E-state index in [1.807, 2.05) is 24.3 Å². The Balaban J connectivity index is 1.95. The summed E-state index contributed by atoms with van der Waals surface area (Å²) in [6.07, 6.45) is 14.6. The number of rotatable bonds is 14. The Labute approximate surface area is 148 Å². The van der Waals surface area contributed by atoms with Crippen LogP contribution in [0.25, 0.3) is 6.08 Å². The van der Waals surface area contributed by atoms with E-state index >= 15 is 0 Å². The molecule has 0 saturated heterocycles. The molecule has 0 fully saturated rings. The quantitative estimate of drug-likeness (QED) is 0.288. The van der Waals surface area contributed by atoms with Gasteiger partial charge in [-0.2, -0.15) is 0 Å². The molecule has 0 amide bonds. The van der Waals surface area contributed by atoms with Crippen LogP contribution in [0.1, 0.15) is 81.8 Å². The summed E-state index contributed by atoms with van der Waals surface area (Å²) in [4.78, 5) is 11.7. The smallest absolute Gasteiger partial charge is 0.306 e. The molecule has 0 saturated carbocycles. The molecule has 2 heteroatoms. The van der Waals surface area contributed by atoms with Crippen LogP contribution in [-0.2, 0) is 16.1 Å². The van der Waals surface area contributed by atoms with Crippen LogP contribution >= 0.6 is 0 Å². The molecule has 0 unspecified atom stereocenters. The van der Waals surface area contributed by atoms with Gasteiger partial charge in [-0.15, -0.1) is 0 Å². The Morgan fingerprint density at radius 3 is 1.96 bits per heavy atom. The van der Waals surface area contributed by atoms with Crippen LogP contribution in [0.15, 0.2) is 30.8 Å². The number of hydrogen-bond donors (Lipinski definition) is 0. The van der Waals surface area contributed by atoms with Crippen LogP contribution < -0.4 is 0 Å². The molecule has 2 nitrogen and oxygen atoms in total. The van der Waals surface area contributed by atoms with Gasteiger partial charge in [0.15, 0.2) is 0 Å². The van der Waals surface area contributed by atoms with Crippen molar-refractivity contribution < 1.29 is 9.53 Å². The molecule has 24 heavy (non-hydrogen) atoms. The van der Waals surface area contributed by atoms with Crippen molar-refractivity contribution in [2.45, 2.75) is 77.2 Å². The van der Waals surface area contributed by atoms with Crippen molar-refractivity contribution in [3.05, 3.63) is 48.9 Å². The van der Waals surface area contributed by atoms with Crippen LogP contribution in [0, 0.1) is 6.92 Å². The van der Waals surface area contributed by atoms with Crippen LogP contribution in [0.2, 0.25) is 0 Å². The van der Waals surface area contributed by atoms with E-state index in [9.17, 15) is 4.79 Å². The molecule has 0 N–H and O–H groups in total. The van der Waals surface area contributed by atoms with E-state index < -0.39 is 0 Å². The number of benzene rings is 1. The van der Waals surface area contributed by atoms with E-state index in [0.29, 0.717) is 13.0 Å². The fraction of sp³-hybridized carbons (Fsp3) is 0.545. The summed E-state index contributed by atoms with van der Waals surface area (Å²) in [5.41, 5.74) is 2.10. The first-order valence-corrected chi connectivity index (χ1v) is 9.42. The van der Waals surface area contributed by atoms with Crippen molar-refractivity contribution in [2.75, 3.05) is 0 Å². The van der Waals surface area contributed by atoms with E-state index in [0.717, 1.165) is 30.4 Å². The third-order valence-corrected chi connectivity index (χ3v) is 4.25. The van der Waals surface area contributed by atoms with Crippen LogP contribution in [0.5, 0.6) is 0 Å². The Hall–Kier alpha value is -1.57. The number of unbranched alkanes of at least 4 members (excludes halogenated alkanes) is 9. The second-order valence-corrected chi connectivity index (χ2v) is 6.39. The van der Waals surface area contributed by atoms with E-state index in [1.54, 1.807) is 6.08 Å². The molecule has 0 spiro atoms. The van der Waals surface area contributed by atoms with Gasteiger partial charge in [-0.25, -0.2) is 0 Å². The van der Waals surface area contributed by atoms with Crippen molar-refractivity contribution in [3.8, 4) is 0 Å². The van der Waals surface area contributed by atoms with Crippen molar-refractivity contribution >= 4 is 12.0 Å². The lowest BCUT2D eigenvalue weighted by Crippen LogP contribution is -2.04. The monoisotopic (exact) mass is 329 g/mol. The molecule has 0 aromatic heterocycles. The van der Waals surface area contributed by atoms with Crippen molar-refractivity contribution in [3.63, 3.8) is 0 Å². The number of hydrogen-bond acceptors (Lipinski definition) is 2. The first-order chi connectivity index (χ1) is 11.8. The predicted molar refractivity (Wildman–Crippen MR) is 102 cm³/mol. The van der Waals surface area contributed by atoms with Gasteiger partial charge >= 0.3 is 5.97 Å². The summed E-state index contributed by atoms with van der Waals surface area (Å²) in [5, 5.41) is 0. The molecule has 0 heterocycles. The fourth-order valence-corrected chi connectivity index (χ4v) is 2.67. The van der Waals surface area contributed by atoms with Crippen molar-refractivity contribution in [2.24, 2.45) is 0 Å². The van der Waals surface area contributed by atoms with E-state index in [2.05, 4.69) is 13.5 Å². The molecule has 1 aromatic rings. The average Bonchev–Trinajstić information content (AvgIpc) is 2.62. The molecule has 0 aliphatic rings. The molecule has 0 aliphatic heterocycles. The number of esters is 1. The summed E-state index contributed by atoms with van der Waals surface area (Å²) in [7, 11) is 0. The zero-order valence-electron chi connectivity index (χ0n) is 15.1. The summed E-state index contributed by atoms with van der Waals surface area (Å²) in [6.45, 7) is 7.95. The molecule has 1 aromatic carbocycles. The predicted octanol–water partition coefficient (Wildman–Crippen LogP) is 6.50. The third-order valence-electron chi connectivity index (χ3n) is 4.25. The lowest BCUT2D eigenvalue weighted by molar-refractivity contribution is -0.145. The van der Waals surface area contributed by atoms with Gasteiger partial charge in [-0.05, 0) is 17.5 Å². The standard InChI is InChI=1S/C22H33O2/c1-3-5-6-7-8-9-10-11-12-13-14-22(23)24-19-21-17-15-20(4-2)16-18-21/h4,15-18H,1-3,5-14,19H2. The highest BCUT2D eigenvalue weighted by Crippen LogP contribution is 2.12. The maximum Gasteiger partial charge on any atom is 0.306 e. The zero-order valence-corrected chi connectivity index (χ0v) is 15.1. The molecule has 133 valence electrons. The summed E-state index contributed by atoms with van der Waals surface area (Å²) in [6, 6.07) is 7.91. The fourth-order valence-electron chi connectivity index (χ4n) is 2.67. The van der Waals surface area contributed by atoms with Gasteiger partial charge in [-0.3, -0.25) is 4.79 Å². The Bertz CT molecular complexity index is 448. The highest BCUT2D eigenvalue weighted by molar-refractivity contribution is 5.69. The molecule has 1 radical (unpaired) electrons. The molecule has 1 rings (SSSR count). The number of ether oxygens (including phenoxy) is 1. The van der Waals surface area contributed by atoms with Crippen molar-refractivity contribution in [1.29, 1.82) is 0 Å². The van der Waals surface area contributed by atoms with E-state index in [1.165, 1.54) is 44.9 Å². The summed E-state index contributed by atoms with van der Waals surface area (Å²) in [5.74, 6) is -0.0871. The van der Waals surface area contributed by atoms with Gasteiger partial charge < -0.3 is 4.74 Å². The summed E-state index contributed by atoms with van der Waals surface area (Å²) < 4.78 is 5.31. The SMILES string of the molecule is [CH2]CCCCCCCCCCCC(=O)OCc1ccc(C=C)cc1. The second-order valence-electron chi connectivity index (χ2n) is 6.39. The highest BCUT2D eigenvalue weighted by atomic mass is 16.5. The molecule has 0 bridgehead atoms. The second kappa shape index (κ2) is 13.8. The Kier molecular flexibility index (Phi) is 11.8. The zero-order chi connectivity index (χ0) is 17.5. The van der Waals surface area contributed by atoms with Crippen LogP contribution in [0.4, 0.5) is 0 Å². The minimum Gasteiger partial charge on any atom is -0.461 e. The lowest BCUT2D eigenvalue weighted by atomic mass is 10.1. The largest absolute Gasteiger partial charge is 0.461 e. The normalized spacial score (nSPS) is 10.5. The van der Waals surface area contributed by atoms with Gasteiger partial charge in [0.05, 0.1) is 0 Å². The number of carbonyl (C=O) groups is 1. The van der Waals surface area contributed by atoms with Gasteiger partial charge in [0.1, 0.15) is 6.61 Å². The third kappa shape index (κ3) is 10.3. The van der Waals surface area contributed by atoms with Gasteiger partial charge in [0, 0.05) is 6.42 Å². The Morgan fingerprint density at radius 2 is 1.42 bits per heavy atom. The average molecular weight is 330 g/mol. The minimum absolute atomic E-state index is 0.0871. The topological polar surface area (TPSA) is 26.3 Å².